The molecule has 1 atom stereocenters. The number of hydrogen-bond acceptors (Lipinski definition) is 4. The number of carbonyl (C=O) groups is 2. The van der Waals surface area contributed by atoms with E-state index in [1.807, 2.05) is 6.92 Å². The highest BCUT2D eigenvalue weighted by molar-refractivity contribution is 5.97. The third kappa shape index (κ3) is 4.67. The van der Waals surface area contributed by atoms with Crippen molar-refractivity contribution in [2.45, 2.75) is 51.6 Å². The number of carboxylic acids is 1. The fourth-order valence-corrected chi connectivity index (χ4v) is 2.45. The molecule has 0 aromatic heterocycles. The van der Waals surface area contributed by atoms with Gasteiger partial charge in [0.1, 0.15) is 6.61 Å². The van der Waals surface area contributed by atoms with Gasteiger partial charge in [-0.1, -0.05) is 19.8 Å². The minimum absolute atomic E-state index is 0.0845. The molecule has 1 aliphatic carbocycles. The Hall–Kier alpha value is -1.36. The van der Waals surface area contributed by atoms with Crippen LogP contribution in [0.4, 0.5) is 0 Å². The van der Waals surface area contributed by atoms with E-state index in [2.05, 4.69) is 5.32 Å². The lowest BCUT2D eigenvalue weighted by molar-refractivity contribution is -0.144. The minimum atomic E-state index is -1.00. The molecule has 108 valence electrons. The van der Waals surface area contributed by atoms with Crippen molar-refractivity contribution < 1.29 is 19.4 Å². The zero-order chi connectivity index (χ0) is 14.3. The van der Waals surface area contributed by atoms with Crippen LogP contribution >= 0.6 is 0 Å². The standard InChI is InChI=1S/C14H23NO4/c1-3-10(15-2)14-11(16)7-5-4-6-8-12(14)19-9-13(17)18/h12,15H,3-9H2,1-2H3,(H,17,18). The summed E-state index contributed by atoms with van der Waals surface area (Å²) in [5, 5.41) is 11.8. The molecule has 0 radical (unpaired) electrons. The van der Waals surface area contributed by atoms with Crippen molar-refractivity contribution in [2.75, 3.05) is 13.7 Å². The highest BCUT2D eigenvalue weighted by Gasteiger charge is 2.26. The number of hydrogen-bond donors (Lipinski definition) is 2. The summed E-state index contributed by atoms with van der Waals surface area (Å²) in [5.74, 6) is -0.919. The second kappa shape index (κ2) is 7.94. The van der Waals surface area contributed by atoms with Gasteiger partial charge in [0.15, 0.2) is 5.78 Å². The number of nitrogens with one attached hydrogen (secondary N) is 1. The van der Waals surface area contributed by atoms with E-state index in [0.29, 0.717) is 24.8 Å². The number of ether oxygens (including phenoxy) is 1. The molecule has 0 aromatic rings. The Morgan fingerprint density at radius 3 is 2.74 bits per heavy atom. The molecule has 0 heterocycles. The van der Waals surface area contributed by atoms with Gasteiger partial charge in [0.05, 0.1) is 6.10 Å². The maximum Gasteiger partial charge on any atom is 0.329 e. The van der Waals surface area contributed by atoms with Crippen LogP contribution < -0.4 is 5.32 Å². The molecule has 0 saturated heterocycles. The lowest BCUT2D eigenvalue weighted by atomic mass is 9.90. The lowest BCUT2D eigenvalue weighted by Gasteiger charge is -2.24. The molecule has 2 N–H and O–H groups in total. The van der Waals surface area contributed by atoms with Crippen molar-refractivity contribution in [2.24, 2.45) is 0 Å². The molecule has 0 aliphatic heterocycles. The largest absolute Gasteiger partial charge is 0.480 e. The monoisotopic (exact) mass is 269 g/mol. The number of Topliss-reactive ketones (excluding diaryl/α,β-unsaturated/α-hetero) is 1. The van der Waals surface area contributed by atoms with E-state index in [0.717, 1.165) is 25.0 Å². The van der Waals surface area contributed by atoms with Crippen molar-refractivity contribution in [1.82, 2.24) is 5.32 Å². The highest BCUT2D eigenvalue weighted by atomic mass is 16.5. The SMILES string of the molecule is CCC(NC)=C1C(=O)CCCCCC1OCC(=O)O. The number of carbonyl (C=O) groups excluding carboxylic acids is 1. The number of allylic oxidation sites excluding steroid dienone is 1. The summed E-state index contributed by atoms with van der Waals surface area (Å²) < 4.78 is 5.43. The molecule has 1 rings (SSSR count). The van der Waals surface area contributed by atoms with Crippen molar-refractivity contribution in [3.8, 4) is 0 Å². The van der Waals surface area contributed by atoms with E-state index >= 15 is 0 Å². The molecule has 0 aromatic carbocycles. The van der Waals surface area contributed by atoms with Gasteiger partial charge in [0.25, 0.3) is 0 Å². The van der Waals surface area contributed by atoms with E-state index in [9.17, 15) is 9.59 Å². The van der Waals surface area contributed by atoms with Crippen molar-refractivity contribution >= 4 is 11.8 Å². The lowest BCUT2D eigenvalue weighted by Crippen LogP contribution is -2.29. The van der Waals surface area contributed by atoms with Gasteiger partial charge in [-0.25, -0.2) is 4.79 Å². The van der Waals surface area contributed by atoms with E-state index in [1.165, 1.54) is 0 Å². The van der Waals surface area contributed by atoms with Crippen LogP contribution in [0.3, 0.4) is 0 Å². The topological polar surface area (TPSA) is 75.6 Å². The summed E-state index contributed by atoms with van der Waals surface area (Å²) in [5.41, 5.74) is 1.51. The second-order valence-electron chi connectivity index (χ2n) is 4.71. The third-order valence-corrected chi connectivity index (χ3v) is 3.38. The van der Waals surface area contributed by atoms with E-state index < -0.39 is 12.1 Å². The van der Waals surface area contributed by atoms with Crippen molar-refractivity contribution in [3.05, 3.63) is 11.3 Å². The predicted molar refractivity (Wildman–Crippen MR) is 71.8 cm³/mol. The van der Waals surface area contributed by atoms with Crippen LogP contribution in [0.1, 0.15) is 45.4 Å². The summed E-state index contributed by atoms with van der Waals surface area (Å²) in [7, 11) is 1.78. The van der Waals surface area contributed by atoms with Crippen molar-refractivity contribution in [3.63, 3.8) is 0 Å². The Balaban J connectivity index is 2.98. The number of ketones is 1. The van der Waals surface area contributed by atoms with Crippen LogP contribution in [-0.2, 0) is 14.3 Å². The summed E-state index contributed by atoms with van der Waals surface area (Å²) in [6, 6.07) is 0. The van der Waals surface area contributed by atoms with Gasteiger partial charge in [0.2, 0.25) is 0 Å². The zero-order valence-corrected chi connectivity index (χ0v) is 11.7. The second-order valence-corrected chi connectivity index (χ2v) is 4.71. The van der Waals surface area contributed by atoms with E-state index in [4.69, 9.17) is 9.84 Å². The fraction of sp³-hybridized carbons (Fsp3) is 0.714. The first-order chi connectivity index (χ1) is 9.10. The van der Waals surface area contributed by atoms with Crippen LogP contribution in [0, 0.1) is 0 Å². The number of carboxylic acid groups (broad SMARTS) is 1. The summed E-state index contributed by atoms with van der Waals surface area (Å²) in [6.45, 7) is 1.61. The molecule has 0 spiro atoms. The Morgan fingerprint density at radius 2 is 2.16 bits per heavy atom. The maximum absolute atomic E-state index is 12.3. The van der Waals surface area contributed by atoms with Crippen LogP contribution in [0.25, 0.3) is 0 Å². The van der Waals surface area contributed by atoms with Gasteiger partial charge < -0.3 is 15.2 Å². The van der Waals surface area contributed by atoms with Crippen LogP contribution in [0.15, 0.2) is 11.3 Å². The zero-order valence-electron chi connectivity index (χ0n) is 11.7. The van der Waals surface area contributed by atoms with Gasteiger partial charge in [-0.15, -0.1) is 0 Å². The predicted octanol–water partition coefficient (Wildman–Crippen LogP) is 1.87. The molecule has 1 unspecified atom stereocenters. The summed E-state index contributed by atoms with van der Waals surface area (Å²) >= 11 is 0. The smallest absolute Gasteiger partial charge is 0.329 e. The molecule has 5 nitrogen and oxygen atoms in total. The van der Waals surface area contributed by atoms with Gasteiger partial charge in [-0.05, 0) is 19.3 Å². The van der Waals surface area contributed by atoms with Gasteiger partial charge in [-0.2, -0.15) is 0 Å². The Morgan fingerprint density at radius 1 is 1.42 bits per heavy atom. The third-order valence-electron chi connectivity index (χ3n) is 3.38. The van der Waals surface area contributed by atoms with Gasteiger partial charge in [-0.3, -0.25) is 4.79 Å². The summed E-state index contributed by atoms with van der Waals surface area (Å²) in [4.78, 5) is 22.9. The molecule has 5 heteroatoms. The highest BCUT2D eigenvalue weighted by Crippen LogP contribution is 2.25. The van der Waals surface area contributed by atoms with Crippen LogP contribution in [0.5, 0.6) is 0 Å². The molecule has 0 amide bonds. The molecular weight excluding hydrogens is 246 g/mol. The Kier molecular flexibility index (Phi) is 6.56. The number of rotatable bonds is 5. The molecular formula is C14H23NO4. The molecule has 0 bridgehead atoms. The molecule has 1 saturated carbocycles. The average molecular weight is 269 g/mol. The first-order valence-electron chi connectivity index (χ1n) is 6.87. The average Bonchev–Trinajstić information content (AvgIpc) is 2.37. The van der Waals surface area contributed by atoms with E-state index in [1.54, 1.807) is 7.05 Å². The van der Waals surface area contributed by atoms with Crippen LogP contribution in [0.2, 0.25) is 0 Å². The first kappa shape index (κ1) is 15.7. The number of aliphatic carboxylic acids is 1. The van der Waals surface area contributed by atoms with E-state index in [-0.39, 0.29) is 12.4 Å². The maximum atomic E-state index is 12.3. The normalized spacial score (nSPS) is 23.5. The molecule has 19 heavy (non-hydrogen) atoms. The Bertz CT molecular complexity index is 356. The van der Waals surface area contributed by atoms with Crippen molar-refractivity contribution in [1.29, 1.82) is 0 Å². The van der Waals surface area contributed by atoms with Crippen LogP contribution in [-0.4, -0.2) is 36.6 Å². The van der Waals surface area contributed by atoms with Gasteiger partial charge >= 0.3 is 5.97 Å². The first-order valence-corrected chi connectivity index (χ1v) is 6.87. The quantitative estimate of drug-likeness (QED) is 0.745. The fourth-order valence-electron chi connectivity index (χ4n) is 2.45. The summed E-state index contributed by atoms with van der Waals surface area (Å²) in [6.07, 6.45) is 4.40. The molecule has 1 fully saturated rings. The minimum Gasteiger partial charge on any atom is -0.480 e. The Labute approximate surface area is 114 Å². The van der Waals surface area contributed by atoms with Gasteiger partial charge in [0, 0.05) is 24.7 Å². The molecule has 1 aliphatic rings.